The van der Waals surface area contributed by atoms with E-state index in [0.717, 1.165) is 0 Å². The van der Waals surface area contributed by atoms with Crippen LogP contribution in [0.3, 0.4) is 0 Å². The lowest BCUT2D eigenvalue weighted by molar-refractivity contribution is 0.110. The number of carbonyl (C=O) groups is 1. The standard InChI is InChI=1S/C11H5BrCl2O2/c12-8-4-9(13)7(3-10(8)14)11-2-1-6(5-15)16-11/h1-5H. The van der Waals surface area contributed by atoms with E-state index in [1.807, 2.05) is 0 Å². The zero-order valence-electron chi connectivity index (χ0n) is 7.84. The van der Waals surface area contributed by atoms with Crippen molar-refractivity contribution in [3.63, 3.8) is 0 Å². The van der Waals surface area contributed by atoms with Crippen molar-refractivity contribution >= 4 is 45.4 Å². The topological polar surface area (TPSA) is 30.2 Å². The van der Waals surface area contributed by atoms with Crippen LogP contribution in [0.5, 0.6) is 0 Å². The summed E-state index contributed by atoms with van der Waals surface area (Å²) in [6, 6.07) is 6.62. The van der Waals surface area contributed by atoms with Crippen molar-refractivity contribution in [1.82, 2.24) is 0 Å². The summed E-state index contributed by atoms with van der Waals surface area (Å²) < 4.78 is 5.98. The quantitative estimate of drug-likeness (QED) is 0.586. The van der Waals surface area contributed by atoms with Crippen molar-refractivity contribution in [3.8, 4) is 11.3 Å². The van der Waals surface area contributed by atoms with E-state index in [2.05, 4.69) is 15.9 Å². The summed E-state index contributed by atoms with van der Waals surface area (Å²) in [7, 11) is 0. The van der Waals surface area contributed by atoms with Crippen LogP contribution in [0.4, 0.5) is 0 Å². The molecule has 0 bridgehead atoms. The smallest absolute Gasteiger partial charge is 0.185 e. The third-order valence-electron chi connectivity index (χ3n) is 2.02. The second-order valence-corrected chi connectivity index (χ2v) is 4.73. The zero-order chi connectivity index (χ0) is 11.7. The molecule has 0 N–H and O–H groups in total. The highest BCUT2D eigenvalue weighted by Gasteiger charge is 2.11. The average Bonchev–Trinajstić information content (AvgIpc) is 2.71. The van der Waals surface area contributed by atoms with Crippen LogP contribution in [0, 0.1) is 0 Å². The lowest BCUT2D eigenvalue weighted by Gasteiger charge is -2.03. The van der Waals surface area contributed by atoms with E-state index in [0.29, 0.717) is 32.1 Å². The molecule has 0 saturated carbocycles. The third-order valence-corrected chi connectivity index (χ3v) is 3.53. The van der Waals surface area contributed by atoms with Gasteiger partial charge in [-0.3, -0.25) is 4.79 Å². The largest absolute Gasteiger partial charge is 0.453 e. The van der Waals surface area contributed by atoms with Gasteiger partial charge in [0.25, 0.3) is 0 Å². The summed E-state index contributed by atoms with van der Waals surface area (Å²) in [5.74, 6) is 0.770. The molecule has 0 aliphatic carbocycles. The predicted octanol–water partition coefficient (Wildman–Crippen LogP) is 4.83. The van der Waals surface area contributed by atoms with Crippen molar-refractivity contribution in [2.24, 2.45) is 0 Å². The molecule has 0 spiro atoms. The van der Waals surface area contributed by atoms with Gasteiger partial charge in [0, 0.05) is 10.0 Å². The summed E-state index contributed by atoms with van der Waals surface area (Å²) in [6.07, 6.45) is 0.637. The Morgan fingerprint density at radius 2 is 1.94 bits per heavy atom. The van der Waals surface area contributed by atoms with Gasteiger partial charge >= 0.3 is 0 Å². The molecule has 5 heteroatoms. The minimum Gasteiger partial charge on any atom is -0.453 e. The third kappa shape index (κ3) is 2.17. The Hall–Kier alpha value is -0.770. The number of carbonyl (C=O) groups excluding carboxylic acids is 1. The highest BCUT2D eigenvalue weighted by atomic mass is 79.9. The number of furan rings is 1. The Balaban J connectivity index is 2.55. The minimum atomic E-state index is 0.255. The normalized spacial score (nSPS) is 10.4. The Labute approximate surface area is 110 Å². The molecule has 0 aliphatic heterocycles. The molecule has 0 amide bonds. The molecule has 1 aromatic carbocycles. The molecule has 1 aromatic heterocycles. The van der Waals surface area contributed by atoms with Crippen molar-refractivity contribution in [2.45, 2.75) is 0 Å². The van der Waals surface area contributed by atoms with Crippen LogP contribution in [0.2, 0.25) is 10.0 Å². The number of aldehydes is 1. The zero-order valence-corrected chi connectivity index (χ0v) is 10.9. The van der Waals surface area contributed by atoms with E-state index < -0.39 is 0 Å². The van der Waals surface area contributed by atoms with Crippen LogP contribution in [0.15, 0.2) is 33.2 Å². The molecule has 82 valence electrons. The van der Waals surface area contributed by atoms with Crippen LogP contribution in [0.1, 0.15) is 10.6 Å². The lowest BCUT2D eigenvalue weighted by Crippen LogP contribution is -1.79. The van der Waals surface area contributed by atoms with Gasteiger partial charge in [0.15, 0.2) is 12.0 Å². The molecule has 2 aromatic rings. The fraction of sp³-hybridized carbons (Fsp3) is 0. The second kappa shape index (κ2) is 4.62. The highest BCUT2D eigenvalue weighted by molar-refractivity contribution is 9.10. The maximum atomic E-state index is 10.5. The predicted molar refractivity (Wildman–Crippen MR) is 67.3 cm³/mol. The average molecular weight is 320 g/mol. The first-order valence-corrected chi connectivity index (χ1v) is 5.86. The van der Waals surface area contributed by atoms with Crippen molar-refractivity contribution in [2.75, 3.05) is 0 Å². The maximum absolute atomic E-state index is 10.5. The molecular formula is C11H5BrCl2O2. The first-order chi connectivity index (χ1) is 7.61. The van der Waals surface area contributed by atoms with E-state index in [1.165, 1.54) is 0 Å². The van der Waals surface area contributed by atoms with E-state index in [1.54, 1.807) is 24.3 Å². The van der Waals surface area contributed by atoms with Crippen molar-refractivity contribution in [3.05, 3.63) is 44.5 Å². The van der Waals surface area contributed by atoms with Crippen LogP contribution in [0.25, 0.3) is 11.3 Å². The summed E-state index contributed by atoms with van der Waals surface area (Å²) in [4.78, 5) is 10.5. The Kier molecular flexibility index (Phi) is 3.38. The van der Waals surface area contributed by atoms with Crippen LogP contribution in [-0.4, -0.2) is 6.29 Å². The fourth-order valence-corrected chi connectivity index (χ4v) is 2.17. The molecule has 0 saturated heterocycles. The monoisotopic (exact) mass is 318 g/mol. The Morgan fingerprint density at radius 3 is 2.56 bits per heavy atom. The van der Waals surface area contributed by atoms with Gasteiger partial charge in [0.2, 0.25) is 0 Å². The number of halogens is 3. The van der Waals surface area contributed by atoms with Crippen LogP contribution < -0.4 is 0 Å². The Morgan fingerprint density at radius 1 is 1.19 bits per heavy atom. The van der Waals surface area contributed by atoms with E-state index >= 15 is 0 Å². The SMILES string of the molecule is O=Cc1ccc(-c2cc(Cl)c(Br)cc2Cl)o1. The van der Waals surface area contributed by atoms with Crippen LogP contribution in [-0.2, 0) is 0 Å². The summed E-state index contributed by atoms with van der Waals surface area (Å²) in [5, 5.41) is 1.03. The van der Waals surface area contributed by atoms with Gasteiger partial charge in [0.1, 0.15) is 5.76 Å². The molecule has 0 fully saturated rings. The van der Waals surface area contributed by atoms with E-state index in [4.69, 9.17) is 27.6 Å². The van der Waals surface area contributed by atoms with E-state index in [9.17, 15) is 4.79 Å². The first-order valence-electron chi connectivity index (χ1n) is 4.31. The molecule has 0 aliphatic rings. The molecule has 0 atom stereocenters. The van der Waals surface area contributed by atoms with Gasteiger partial charge in [-0.2, -0.15) is 0 Å². The highest BCUT2D eigenvalue weighted by Crippen LogP contribution is 2.35. The fourth-order valence-electron chi connectivity index (χ4n) is 1.27. The van der Waals surface area contributed by atoms with Gasteiger partial charge in [-0.15, -0.1) is 0 Å². The first kappa shape index (κ1) is 11.7. The van der Waals surface area contributed by atoms with Crippen molar-refractivity contribution < 1.29 is 9.21 Å². The number of hydrogen-bond acceptors (Lipinski definition) is 2. The molecule has 2 rings (SSSR count). The van der Waals surface area contributed by atoms with Gasteiger partial charge in [-0.1, -0.05) is 23.2 Å². The van der Waals surface area contributed by atoms with Gasteiger partial charge in [0.05, 0.1) is 10.0 Å². The summed E-state index contributed by atoms with van der Waals surface area (Å²) in [5.41, 5.74) is 0.656. The minimum absolute atomic E-state index is 0.255. The second-order valence-electron chi connectivity index (χ2n) is 3.07. The van der Waals surface area contributed by atoms with E-state index in [-0.39, 0.29) is 5.76 Å². The Bertz CT molecular complexity index is 549. The van der Waals surface area contributed by atoms with Gasteiger partial charge in [-0.25, -0.2) is 0 Å². The lowest BCUT2D eigenvalue weighted by atomic mass is 10.2. The van der Waals surface area contributed by atoms with Crippen molar-refractivity contribution in [1.29, 1.82) is 0 Å². The van der Waals surface area contributed by atoms with Crippen LogP contribution >= 0.6 is 39.1 Å². The van der Waals surface area contributed by atoms with Gasteiger partial charge < -0.3 is 4.42 Å². The molecule has 2 nitrogen and oxygen atoms in total. The maximum Gasteiger partial charge on any atom is 0.185 e. The number of rotatable bonds is 2. The molecule has 0 radical (unpaired) electrons. The number of hydrogen-bond donors (Lipinski definition) is 0. The summed E-state index contributed by atoms with van der Waals surface area (Å²) >= 11 is 15.3. The number of benzene rings is 1. The summed E-state index contributed by atoms with van der Waals surface area (Å²) in [6.45, 7) is 0. The van der Waals surface area contributed by atoms with Gasteiger partial charge in [-0.05, 0) is 40.2 Å². The molecule has 16 heavy (non-hydrogen) atoms. The molecule has 0 unspecified atom stereocenters. The molecule has 1 heterocycles. The molecular weight excluding hydrogens is 315 g/mol.